The van der Waals surface area contributed by atoms with Crippen molar-refractivity contribution in [1.82, 2.24) is 5.32 Å². The lowest BCUT2D eigenvalue weighted by Crippen LogP contribution is -2.30. The molecule has 0 saturated carbocycles. The predicted molar refractivity (Wildman–Crippen MR) is 90.3 cm³/mol. The van der Waals surface area contributed by atoms with E-state index in [0.717, 1.165) is 12.5 Å². The van der Waals surface area contributed by atoms with Gasteiger partial charge in [-0.2, -0.15) is 0 Å². The fourth-order valence-electron chi connectivity index (χ4n) is 2.68. The van der Waals surface area contributed by atoms with Gasteiger partial charge < -0.3 is 5.32 Å². The Morgan fingerprint density at radius 1 is 1.10 bits per heavy atom. The van der Waals surface area contributed by atoms with Crippen molar-refractivity contribution in [3.63, 3.8) is 0 Å². The minimum absolute atomic E-state index is 0.689. The van der Waals surface area contributed by atoms with Crippen LogP contribution in [0.15, 0.2) is 24.3 Å². The Morgan fingerprint density at radius 3 is 2.55 bits per heavy atom. The Kier molecular flexibility index (Phi) is 8.60. The summed E-state index contributed by atoms with van der Waals surface area (Å²) in [6, 6.07) is 9.63. The number of nitrogens with one attached hydrogen (secondary N) is 1. The molecule has 0 spiro atoms. The van der Waals surface area contributed by atoms with Crippen LogP contribution in [-0.2, 0) is 6.42 Å². The molecule has 1 aromatic carbocycles. The van der Waals surface area contributed by atoms with E-state index in [-0.39, 0.29) is 0 Å². The lowest BCUT2D eigenvalue weighted by atomic mass is 9.97. The second kappa shape index (κ2) is 9.99. The summed E-state index contributed by atoms with van der Waals surface area (Å²) in [5.41, 5.74) is 2.86. The smallest absolute Gasteiger partial charge is 0.00702 e. The zero-order valence-electron chi connectivity index (χ0n) is 13.9. The molecule has 0 fully saturated rings. The molecule has 0 aromatic heterocycles. The van der Waals surface area contributed by atoms with Crippen LogP contribution in [0, 0.1) is 12.8 Å². The Morgan fingerprint density at radius 2 is 1.90 bits per heavy atom. The van der Waals surface area contributed by atoms with Crippen molar-refractivity contribution >= 4 is 0 Å². The lowest BCUT2D eigenvalue weighted by Gasteiger charge is -2.19. The first kappa shape index (κ1) is 17.2. The van der Waals surface area contributed by atoms with Crippen molar-refractivity contribution in [1.29, 1.82) is 0 Å². The maximum Gasteiger partial charge on any atom is 0.00702 e. The van der Waals surface area contributed by atoms with E-state index in [9.17, 15) is 0 Å². The average Bonchev–Trinajstić information content (AvgIpc) is 2.41. The molecule has 114 valence electrons. The highest BCUT2D eigenvalue weighted by Gasteiger charge is 2.08. The Labute approximate surface area is 126 Å². The molecule has 0 amide bonds. The summed E-state index contributed by atoms with van der Waals surface area (Å²) in [6.45, 7) is 10.2. The van der Waals surface area contributed by atoms with Crippen LogP contribution >= 0.6 is 0 Å². The molecule has 0 bridgehead atoms. The SMILES string of the molecule is CCCNC(CCCC(C)C)CCc1cccc(C)c1. The molecule has 1 unspecified atom stereocenters. The van der Waals surface area contributed by atoms with Gasteiger partial charge in [0.2, 0.25) is 0 Å². The third-order valence-corrected chi connectivity index (χ3v) is 3.88. The van der Waals surface area contributed by atoms with Crippen molar-refractivity contribution in [2.75, 3.05) is 6.54 Å². The van der Waals surface area contributed by atoms with Gasteiger partial charge in [-0.25, -0.2) is 0 Å². The van der Waals surface area contributed by atoms with Gasteiger partial charge in [0.15, 0.2) is 0 Å². The van der Waals surface area contributed by atoms with E-state index < -0.39 is 0 Å². The topological polar surface area (TPSA) is 12.0 Å². The first-order valence-corrected chi connectivity index (χ1v) is 8.40. The van der Waals surface area contributed by atoms with E-state index in [0.29, 0.717) is 6.04 Å². The fourth-order valence-corrected chi connectivity index (χ4v) is 2.68. The molecular formula is C19H33N. The zero-order valence-corrected chi connectivity index (χ0v) is 13.9. The van der Waals surface area contributed by atoms with E-state index in [4.69, 9.17) is 0 Å². The van der Waals surface area contributed by atoms with Gasteiger partial charge in [0.1, 0.15) is 0 Å². The molecule has 1 N–H and O–H groups in total. The highest BCUT2D eigenvalue weighted by atomic mass is 14.9. The Hall–Kier alpha value is -0.820. The summed E-state index contributed by atoms with van der Waals surface area (Å²) >= 11 is 0. The molecule has 1 nitrogen and oxygen atoms in total. The molecule has 0 aliphatic carbocycles. The van der Waals surface area contributed by atoms with Crippen molar-refractivity contribution in [3.8, 4) is 0 Å². The second-order valence-electron chi connectivity index (χ2n) is 6.50. The number of rotatable bonds is 10. The molecule has 0 heterocycles. The summed E-state index contributed by atoms with van der Waals surface area (Å²) in [7, 11) is 0. The number of benzene rings is 1. The molecule has 1 aromatic rings. The number of hydrogen-bond donors (Lipinski definition) is 1. The van der Waals surface area contributed by atoms with Gasteiger partial charge in [0.05, 0.1) is 0 Å². The van der Waals surface area contributed by atoms with Crippen LogP contribution in [0.5, 0.6) is 0 Å². The van der Waals surface area contributed by atoms with Gasteiger partial charge in [-0.3, -0.25) is 0 Å². The fraction of sp³-hybridized carbons (Fsp3) is 0.684. The van der Waals surface area contributed by atoms with Crippen LogP contribution in [0.4, 0.5) is 0 Å². The first-order chi connectivity index (χ1) is 9.61. The average molecular weight is 275 g/mol. The standard InChI is InChI=1S/C19H33N/c1-5-14-20-19(11-6-8-16(2)3)13-12-18-10-7-9-17(4)15-18/h7,9-10,15-16,19-20H,5-6,8,11-14H2,1-4H3. The van der Waals surface area contributed by atoms with Crippen LogP contribution in [0.3, 0.4) is 0 Å². The van der Waals surface area contributed by atoms with Crippen molar-refractivity contribution in [3.05, 3.63) is 35.4 Å². The summed E-state index contributed by atoms with van der Waals surface area (Å²) in [5.74, 6) is 0.832. The van der Waals surface area contributed by atoms with Gasteiger partial charge in [-0.1, -0.05) is 63.4 Å². The largest absolute Gasteiger partial charge is 0.314 e. The van der Waals surface area contributed by atoms with Crippen LogP contribution < -0.4 is 5.32 Å². The Bertz CT molecular complexity index is 357. The third kappa shape index (κ3) is 7.69. The number of aryl methyl sites for hydroxylation is 2. The lowest BCUT2D eigenvalue weighted by molar-refractivity contribution is 0.417. The van der Waals surface area contributed by atoms with Gasteiger partial charge in [0.25, 0.3) is 0 Å². The Balaban J connectivity index is 2.38. The van der Waals surface area contributed by atoms with E-state index in [1.54, 1.807) is 0 Å². The third-order valence-electron chi connectivity index (χ3n) is 3.88. The molecule has 1 heteroatoms. The van der Waals surface area contributed by atoms with Gasteiger partial charge in [-0.15, -0.1) is 0 Å². The monoisotopic (exact) mass is 275 g/mol. The van der Waals surface area contributed by atoms with Crippen LogP contribution in [0.1, 0.15) is 64.0 Å². The first-order valence-electron chi connectivity index (χ1n) is 8.40. The van der Waals surface area contributed by atoms with E-state index in [1.807, 2.05) is 0 Å². The minimum atomic E-state index is 0.689. The van der Waals surface area contributed by atoms with E-state index >= 15 is 0 Å². The van der Waals surface area contributed by atoms with Crippen LogP contribution in [0.25, 0.3) is 0 Å². The molecule has 20 heavy (non-hydrogen) atoms. The van der Waals surface area contributed by atoms with Crippen molar-refractivity contribution in [2.24, 2.45) is 5.92 Å². The normalized spacial score (nSPS) is 12.8. The quantitative estimate of drug-likeness (QED) is 0.625. The van der Waals surface area contributed by atoms with E-state index in [1.165, 1.54) is 49.7 Å². The van der Waals surface area contributed by atoms with Gasteiger partial charge >= 0.3 is 0 Å². The molecular weight excluding hydrogens is 242 g/mol. The maximum atomic E-state index is 3.73. The molecule has 1 rings (SSSR count). The molecule has 0 aliphatic rings. The van der Waals surface area contributed by atoms with Gasteiger partial charge in [0, 0.05) is 6.04 Å². The second-order valence-corrected chi connectivity index (χ2v) is 6.50. The minimum Gasteiger partial charge on any atom is -0.314 e. The number of hydrogen-bond acceptors (Lipinski definition) is 1. The van der Waals surface area contributed by atoms with E-state index in [2.05, 4.69) is 57.3 Å². The summed E-state index contributed by atoms with van der Waals surface area (Å²) in [6.07, 6.45) is 7.73. The maximum absolute atomic E-state index is 3.73. The molecule has 0 aliphatic heterocycles. The highest BCUT2D eigenvalue weighted by molar-refractivity contribution is 5.22. The van der Waals surface area contributed by atoms with Crippen molar-refractivity contribution in [2.45, 2.75) is 72.3 Å². The van der Waals surface area contributed by atoms with Crippen LogP contribution in [0.2, 0.25) is 0 Å². The molecule has 0 saturated heterocycles. The molecule has 0 radical (unpaired) electrons. The van der Waals surface area contributed by atoms with Crippen LogP contribution in [-0.4, -0.2) is 12.6 Å². The highest BCUT2D eigenvalue weighted by Crippen LogP contribution is 2.14. The predicted octanol–water partition coefficient (Wildman–Crippen LogP) is 5.12. The summed E-state index contributed by atoms with van der Waals surface area (Å²) < 4.78 is 0. The zero-order chi connectivity index (χ0) is 14.8. The summed E-state index contributed by atoms with van der Waals surface area (Å²) in [5, 5.41) is 3.73. The van der Waals surface area contributed by atoms with Crippen molar-refractivity contribution < 1.29 is 0 Å². The molecule has 1 atom stereocenters. The summed E-state index contributed by atoms with van der Waals surface area (Å²) in [4.78, 5) is 0. The van der Waals surface area contributed by atoms with Gasteiger partial charge in [-0.05, 0) is 50.6 Å².